The molecule has 2 rings (SSSR count). The van der Waals surface area contributed by atoms with E-state index in [2.05, 4.69) is 31.1 Å². The fourth-order valence-electron chi connectivity index (χ4n) is 3.23. The van der Waals surface area contributed by atoms with Crippen LogP contribution >= 0.6 is 11.8 Å². The summed E-state index contributed by atoms with van der Waals surface area (Å²) in [5.41, 5.74) is 4.25. The molecule has 0 radical (unpaired) electrons. The zero-order valence-corrected chi connectivity index (χ0v) is 17.3. The average Bonchev–Trinajstić information content (AvgIpc) is 2.87. The van der Waals surface area contributed by atoms with Crippen LogP contribution in [0.15, 0.2) is 70.6 Å². The van der Waals surface area contributed by atoms with Crippen LogP contribution in [0.2, 0.25) is 0 Å². The van der Waals surface area contributed by atoms with E-state index in [9.17, 15) is 9.50 Å². The van der Waals surface area contributed by atoms with E-state index in [0.29, 0.717) is 6.54 Å². The standard InChI is InChI=1S/C23H28FNOS/c1-6-9-18(10-7-2)14-25-17(5)21(15-26)22(16(3)4)23(25)27-20-12-8-11-19(24)13-20/h6-13,16,26H,1,14-15H2,2-5H3/b10-7-,18-9+. The molecule has 0 aliphatic heterocycles. The molecule has 0 atom stereocenters. The molecule has 1 aromatic heterocycles. The number of aliphatic hydroxyl groups excluding tert-OH is 1. The summed E-state index contributed by atoms with van der Waals surface area (Å²) in [6.45, 7) is 12.7. The highest BCUT2D eigenvalue weighted by Gasteiger charge is 2.23. The number of aliphatic hydroxyl groups is 1. The number of hydrogen-bond donors (Lipinski definition) is 1. The molecule has 0 aliphatic rings. The fraction of sp³-hybridized carbons (Fsp3) is 0.304. The van der Waals surface area contributed by atoms with Gasteiger partial charge in [0.25, 0.3) is 0 Å². The lowest BCUT2D eigenvalue weighted by molar-refractivity contribution is 0.279. The molecule has 0 fully saturated rings. The monoisotopic (exact) mass is 385 g/mol. The molecule has 0 saturated heterocycles. The van der Waals surface area contributed by atoms with Crippen molar-refractivity contribution in [3.05, 3.63) is 83.4 Å². The van der Waals surface area contributed by atoms with Crippen molar-refractivity contribution in [2.24, 2.45) is 0 Å². The lowest BCUT2D eigenvalue weighted by Crippen LogP contribution is -2.04. The van der Waals surface area contributed by atoms with E-state index in [4.69, 9.17) is 0 Å². The van der Waals surface area contributed by atoms with Crippen LogP contribution in [0.4, 0.5) is 4.39 Å². The van der Waals surface area contributed by atoms with Gasteiger partial charge in [0.2, 0.25) is 0 Å². The Morgan fingerprint density at radius 3 is 2.67 bits per heavy atom. The van der Waals surface area contributed by atoms with Crippen molar-refractivity contribution in [3.8, 4) is 0 Å². The first-order valence-corrected chi connectivity index (χ1v) is 9.94. The molecule has 0 bridgehead atoms. The van der Waals surface area contributed by atoms with Gasteiger partial charge in [-0.1, -0.05) is 62.6 Å². The molecule has 4 heteroatoms. The molecular formula is C23H28FNOS. The van der Waals surface area contributed by atoms with Crippen LogP contribution in [0.5, 0.6) is 0 Å². The minimum absolute atomic E-state index is 0.00677. The zero-order valence-electron chi connectivity index (χ0n) is 16.5. The van der Waals surface area contributed by atoms with Crippen molar-refractivity contribution in [2.75, 3.05) is 0 Å². The van der Waals surface area contributed by atoms with Gasteiger partial charge in [0, 0.05) is 22.7 Å². The van der Waals surface area contributed by atoms with E-state index in [1.54, 1.807) is 30.0 Å². The number of nitrogens with zero attached hydrogens (tertiary/aromatic N) is 1. The van der Waals surface area contributed by atoms with Crippen LogP contribution in [0.1, 0.15) is 43.5 Å². The number of aromatic nitrogens is 1. The van der Waals surface area contributed by atoms with Crippen molar-refractivity contribution >= 4 is 11.8 Å². The first-order chi connectivity index (χ1) is 12.9. The predicted molar refractivity (Wildman–Crippen MR) is 113 cm³/mol. The van der Waals surface area contributed by atoms with Gasteiger partial charge in [0.1, 0.15) is 5.82 Å². The Hall–Kier alpha value is -2.04. The van der Waals surface area contributed by atoms with Crippen LogP contribution in [-0.4, -0.2) is 9.67 Å². The van der Waals surface area contributed by atoms with Crippen molar-refractivity contribution in [3.63, 3.8) is 0 Å². The third-order valence-electron chi connectivity index (χ3n) is 4.44. The summed E-state index contributed by atoms with van der Waals surface area (Å²) in [5, 5.41) is 11.1. The van der Waals surface area contributed by atoms with E-state index in [-0.39, 0.29) is 18.3 Å². The predicted octanol–water partition coefficient (Wildman–Crippen LogP) is 6.39. The number of allylic oxidation sites excluding steroid dienone is 5. The highest BCUT2D eigenvalue weighted by Crippen LogP contribution is 2.40. The third kappa shape index (κ3) is 5.02. The second-order valence-electron chi connectivity index (χ2n) is 6.72. The molecule has 0 spiro atoms. The fourth-order valence-corrected chi connectivity index (χ4v) is 4.55. The Morgan fingerprint density at radius 1 is 1.37 bits per heavy atom. The lowest BCUT2D eigenvalue weighted by Gasteiger charge is -2.15. The van der Waals surface area contributed by atoms with Crippen molar-refractivity contribution < 1.29 is 9.50 Å². The zero-order chi connectivity index (χ0) is 20.0. The van der Waals surface area contributed by atoms with Gasteiger partial charge in [-0.2, -0.15) is 0 Å². The van der Waals surface area contributed by atoms with Crippen LogP contribution in [-0.2, 0) is 13.2 Å². The SMILES string of the molecule is C=C/C=C(\C=C/C)Cn1c(C)c(CO)c(C(C)C)c1Sc1cccc(F)c1. The van der Waals surface area contributed by atoms with Crippen molar-refractivity contribution in [2.45, 2.75) is 56.7 Å². The Kier molecular flexibility index (Phi) is 7.69. The van der Waals surface area contributed by atoms with E-state index < -0.39 is 0 Å². The summed E-state index contributed by atoms with van der Waals surface area (Å²) in [6, 6.07) is 6.64. The largest absolute Gasteiger partial charge is 0.392 e. The summed E-state index contributed by atoms with van der Waals surface area (Å²) in [4.78, 5) is 0.848. The van der Waals surface area contributed by atoms with Gasteiger partial charge in [0.05, 0.1) is 11.6 Å². The van der Waals surface area contributed by atoms with Gasteiger partial charge in [-0.15, -0.1) is 0 Å². The smallest absolute Gasteiger partial charge is 0.124 e. The Bertz CT molecular complexity index is 862. The molecule has 1 N–H and O–H groups in total. The molecule has 0 amide bonds. The molecule has 2 aromatic rings. The topological polar surface area (TPSA) is 25.2 Å². The molecule has 144 valence electrons. The number of benzene rings is 1. The Morgan fingerprint density at radius 2 is 2.11 bits per heavy atom. The maximum absolute atomic E-state index is 13.7. The van der Waals surface area contributed by atoms with Gasteiger partial charge in [-0.25, -0.2) is 4.39 Å². The van der Waals surface area contributed by atoms with Crippen LogP contribution in [0.25, 0.3) is 0 Å². The molecule has 0 saturated carbocycles. The molecule has 27 heavy (non-hydrogen) atoms. The first-order valence-electron chi connectivity index (χ1n) is 9.13. The van der Waals surface area contributed by atoms with Gasteiger partial charge in [-0.3, -0.25) is 0 Å². The number of rotatable bonds is 8. The van der Waals surface area contributed by atoms with Crippen molar-refractivity contribution in [1.29, 1.82) is 0 Å². The Balaban J connectivity index is 2.63. The lowest BCUT2D eigenvalue weighted by atomic mass is 10.0. The second-order valence-corrected chi connectivity index (χ2v) is 7.78. The quantitative estimate of drug-likeness (QED) is 0.533. The van der Waals surface area contributed by atoms with Gasteiger partial charge < -0.3 is 9.67 Å². The molecule has 2 nitrogen and oxygen atoms in total. The minimum atomic E-state index is -0.246. The summed E-state index contributed by atoms with van der Waals surface area (Å²) in [5.74, 6) is 0.00109. The van der Waals surface area contributed by atoms with E-state index >= 15 is 0 Å². The average molecular weight is 386 g/mol. The van der Waals surface area contributed by atoms with Gasteiger partial charge in [0.15, 0.2) is 0 Å². The Labute approximate surface area is 166 Å². The maximum atomic E-state index is 13.7. The van der Waals surface area contributed by atoms with Gasteiger partial charge >= 0.3 is 0 Å². The molecule has 1 aromatic carbocycles. The second kappa shape index (κ2) is 9.77. The molecular weight excluding hydrogens is 357 g/mol. The van der Waals surface area contributed by atoms with Crippen molar-refractivity contribution in [1.82, 2.24) is 4.57 Å². The summed E-state index contributed by atoms with van der Waals surface area (Å²) < 4.78 is 15.9. The molecule has 1 heterocycles. The normalized spacial score (nSPS) is 12.3. The highest BCUT2D eigenvalue weighted by atomic mass is 32.2. The van der Waals surface area contributed by atoms with Crippen LogP contribution in [0, 0.1) is 12.7 Å². The number of hydrogen-bond acceptors (Lipinski definition) is 2. The first kappa shape index (κ1) is 21.3. The third-order valence-corrected chi connectivity index (χ3v) is 5.57. The summed E-state index contributed by atoms with van der Waals surface area (Å²) in [6.07, 6.45) is 7.84. The van der Waals surface area contributed by atoms with Gasteiger partial charge in [-0.05, 0) is 49.1 Å². The van der Waals surface area contributed by atoms with E-state index in [0.717, 1.165) is 32.3 Å². The summed E-state index contributed by atoms with van der Waals surface area (Å²) >= 11 is 1.55. The molecule has 0 aliphatic carbocycles. The van der Waals surface area contributed by atoms with Crippen LogP contribution in [0.3, 0.4) is 0 Å². The van der Waals surface area contributed by atoms with E-state index in [1.807, 2.05) is 32.1 Å². The maximum Gasteiger partial charge on any atom is 0.124 e. The highest BCUT2D eigenvalue weighted by molar-refractivity contribution is 7.99. The number of halogens is 1. The minimum Gasteiger partial charge on any atom is -0.392 e. The van der Waals surface area contributed by atoms with E-state index in [1.165, 1.54) is 6.07 Å². The van der Waals surface area contributed by atoms with Crippen LogP contribution < -0.4 is 0 Å². The molecule has 0 unspecified atom stereocenters. The summed E-state index contributed by atoms with van der Waals surface area (Å²) in [7, 11) is 0.